The predicted octanol–water partition coefficient (Wildman–Crippen LogP) is 3.80. The molecule has 1 heterocycles. The number of benzene rings is 2. The fraction of sp³-hybridized carbons (Fsp3) is 0.0588. The summed E-state index contributed by atoms with van der Waals surface area (Å²) in [4.78, 5) is 22.7. The minimum atomic E-state index is -0.530. The van der Waals surface area contributed by atoms with Crippen LogP contribution in [0.25, 0.3) is 6.08 Å². The number of carbonyl (C=O) groups is 1. The van der Waals surface area contributed by atoms with Crippen molar-refractivity contribution in [2.45, 2.75) is 6.61 Å². The molecule has 2 aromatic carbocycles. The molecule has 0 bridgehead atoms. The van der Waals surface area contributed by atoms with E-state index < -0.39 is 4.92 Å². The number of hydrogen-bond acceptors (Lipinski definition) is 6. The Bertz CT molecular complexity index is 929. The molecule has 0 unspecified atom stereocenters. The van der Waals surface area contributed by atoms with Gasteiger partial charge in [0, 0.05) is 17.7 Å². The van der Waals surface area contributed by atoms with E-state index in [0.717, 1.165) is 17.3 Å². The lowest BCUT2D eigenvalue weighted by Gasteiger charge is -2.10. The summed E-state index contributed by atoms with van der Waals surface area (Å²) >= 11 is 6.01. The van der Waals surface area contributed by atoms with Crippen molar-refractivity contribution in [3.05, 3.63) is 74.4 Å². The van der Waals surface area contributed by atoms with Gasteiger partial charge in [-0.1, -0.05) is 36.1 Å². The van der Waals surface area contributed by atoms with E-state index in [9.17, 15) is 19.3 Å². The minimum absolute atomic E-state index is 0.128. The summed E-state index contributed by atoms with van der Waals surface area (Å²) in [5.74, 6) is -0.357. The maximum atomic E-state index is 13.0. The van der Waals surface area contributed by atoms with Crippen molar-refractivity contribution in [3.8, 4) is 5.75 Å². The third-order valence-electron chi connectivity index (χ3n) is 3.44. The number of nitro groups is 1. The molecule has 0 aromatic heterocycles. The van der Waals surface area contributed by atoms with E-state index in [2.05, 4.69) is 5.32 Å². The van der Waals surface area contributed by atoms with Crippen LogP contribution in [-0.4, -0.2) is 15.2 Å². The van der Waals surface area contributed by atoms with Crippen LogP contribution in [0.3, 0.4) is 0 Å². The van der Waals surface area contributed by atoms with Crippen LogP contribution in [0.2, 0.25) is 0 Å². The van der Waals surface area contributed by atoms with Crippen molar-refractivity contribution in [2.24, 2.45) is 0 Å². The Morgan fingerprint density at radius 2 is 2.00 bits per heavy atom. The van der Waals surface area contributed by atoms with E-state index >= 15 is 0 Å². The van der Waals surface area contributed by atoms with Gasteiger partial charge in [0.25, 0.3) is 11.6 Å². The number of amides is 1. The molecule has 132 valence electrons. The minimum Gasteiger partial charge on any atom is -0.488 e. The van der Waals surface area contributed by atoms with E-state index in [0.29, 0.717) is 20.5 Å². The zero-order valence-electron chi connectivity index (χ0n) is 13.1. The molecule has 1 amide bonds. The van der Waals surface area contributed by atoms with Crippen molar-refractivity contribution >= 4 is 46.0 Å². The van der Waals surface area contributed by atoms with Crippen LogP contribution in [0.15, 0.2) is 47.4 Å². The molecule has 0 saturated carbocycles. The second-order valence-corrected chi connectivity index (χ2v) is 6.97. The Balaban J connectivity index is 1.90. The zero-order valence-corrected chi connectivity index (χ0v) is 14.7. The van der Waals surface area contributed by atoms with Gasteiger partial charge >= 0.3 is 0 Å². The second kappa shape index (κ2) is 7.63. The molecular formula is C17H11FN2O4S2. The van der Waals surface area contributed by atoms with Gasteiger partial charge in [0.1, 0.15) is 22.5 Å². The number of non-ortho nitro benzene ring substituents is 1. The highest BCUT2D eigenvalue weighted by molar-refractivity contribution is 8.26. The lowest BCUT2D eigenvalue weighted by molar-refractivity contribution is -0.384. The third-order valence-corrected chi connectivity index (χ3v) is 4.60. The zero-order chi connectivity index (χ0) is 18.7. The molecule has 3 rings (SSSR count). The number of thiocarbonyl (C=S) groups is 1. The summed E-state index contributed by atoms with van der Waals surface area (Å²) < 4.78 is 19.0. The monoisotopic (exact) mass is 390 g/mol. The predicted molar refractivity (Wildman–Crippen MR) is 100 cm³/mol. The van der Waals surface area contributed by atoms with Crippen LogP contribution in [0.1, 0.15) is 11.1 Å². The maximum absolute atomic E-state index is 13.0. The van der Waals surface area contributed by atoms with Gasteiger partial charge in [0.05, 0.1) is 9.83 Å². The molecule has 0 spiro atoms. The summed E-state index contributed by atoms with van der Waals surface area (Å²) in [6.07, 6.45) is 1.49. The molecule has 9 heteroatoms. The van der Waals surface area contributed by atoms with Crippen LogP contribution in [0, 0.1) is 15.9 Å². The molecule has 26 heavy (non-hydrogen) atoms. The van der Waals surface area contributed by atoms with Crippen molar-refractivity contribution in [3.63, 3.8) is 0 Å². The number of carbonyl (C=O) groups excluding carboxylic acids is 1. The molecule has 1 N–H and O–H groups in total. The van der Waals surface area contributed by atoms with Gasteiger partial charge in [-0.15, -0.1) is 0 Å². The molecule has 1 aliphatic heterocycles. The van der Waals surface area contributed by atoms with Crippen molar-refractivity contribution in [1.82, 2.24) is 5.32 Å². The lowest BCUT2D eigenvalue weighted by Crippen LogP contribution is -2.17. The number of nitro benzene ring substituents is 1. The largest absolute Gasteiger partial charge is 0.488 e. The van der Waals surface area contributed by atoms with E-state index in [1.54, 1.807) is 12.1 Å². The van der Waals surface area contributed by atoms with Gasteiger partial charge in [0.15, 0.2) is 0 Å². The van der Waals surface area contributed by atoms with E-state index in [4.69, 9.17) is 17.0 Å². The number of ether oxygens (including phenoxy) is 1. The highest BCUT2D eigenvalue weighted by atomic mass is 32.2. The van der Waals surface area contributed by atoms with Crippen molar-refractivity contribution in [1.29, 1.82) is 0 Å². The molecule has 2 aromatic rings. The average Bonchev–Trinajstić information content (AvgIpc) is 2.92. The third kappa shape index (κ3) is 4.24. The molecule has 0 aliphatic carbocycles. The summed E-state index contributed by atoms with van der Waals surface area (Å²) in [6, 6.07) is 9.89. The van der Waals surface area contributed by atoms with E-state index in [1.807, 2.05) is 0 Å². The van der Waals surface area contributed by atoms with Crippen LogP contribution >= 0.6 is 24.0 Å². The van der Waals surface area contributed by atoms with Crippen LogP contribution < -0.4 is 10.1 Å². The van der Waals surface area contributed by atoms with Gasteiger partial charge in [-0.25, -0.2) is 4.39 Å². The van der Waals surface area contributed by atoms with Crippen LogP contribution in [0.5, 0.6) is 5.75 Å². The normalized spacial score (nSPS) is 15.2. The quantitative estimate of drug-likeness (QED) is 0.362. The summed E-state index contributed by atoms with van der Waals surface area (Å²) in [7, 11) is 0. The molecule has 0 atom stereocenters. The topological polar surface area (TPSA) is 81.5 Å². The Morgan fingerprint density at radius 3 is 2.62 bits per heavy atom. The molecule has 1 saturated heterocycles. The van der Waals surface area contributed by atoms with Gasteiger partial charge in [-0.2, -0.15) is 0 Å². The molecule has 1 fully saturated rings. The highest BCUT2D eigenvalue weighted by Crippen LogP contribution is 2.32. The molecule has 1 aliphatic rings. The number of nitrogens with one attached hydrogen (secondary N) is 1. The van der Waals surface area contributed by atoms with Crippen LogP contribution in [-0.2, 0) is 11.4 Å². The highest BCUT2D eigenvalue weighted by Gasteiger charge is 2.23. The summed E-state index contributed by atoms with van der Waals surface area (Å²) in [6.45, 7) is 0.145. The van der Waals surface area contributed by atoms with E-state index in [-0.39, 0.29) is 24.0 Å². The number of thioether (sulfide) groups is 1. The smallest absolute Gasteiger partial charge is 0.270 e. The molecule has 0 radical (unpaired) electrons. The SMILES string of the molecule is O=C1NC(=S)S/C1=C/c1cc([N+](=O)[O-])ccc1OCc1ccc(F)cc1. The van der Waals surface area contributed by atoms with Gasteiger partial charge in [0.2, 0.25) is 0 Å². The summed E-state index contributed by atoms with van der Waals surface area (Å²) in [5.41, 5.74) is 0.984. The number of halogens is 1. The Hall–Kier alpha value is -2.78. The van der Waals surface area contributed by atoms with E-state index in [1.165, 1.54) is 36.4 Å². The Kier molecular flexibility index (Phi) is 5.29. The molecule has 6 nitrogen and oxygen atoms in total. The first-order chi connectivity index (χ1) is 12.4. The first kappa shape index (κ1) is 18.0. The maximum Gasteiger partial charge on any atom is 0.270 e. The standard InChI is InChI=1S/C17H11FN2O4S2/c18-12-3-1-10(2-4-12)9-24-14-6-5-13(20(22)23)7-11(14)8-15-16(21)19-17(25)26-15/h1-8H,9H2,(H,19,21,25)/b15-8+. The Labute approximate surface area is 157 Å². The fourth-order valence-electron chi connectivity index (χ4n) is 2.20. The fourth-order valence-corrected chi connectivity index (χ4v) is 3.23. The number of nitrogens with zero attached hydrogens (tertiary/aromatic N) is 1. The molecular weight excluding hydrogens is 379 g/mol. The lowest BCUT2D eigenvalue weighted by atomic mass is 10.1. The van der Waals surface area contributed by atoms with Crippen molar-refractivity contribution < 1.29 is 18.8 Å². The summed E-state index contributed by atoms with van der Waals surface area (Å²) in [5, 5.41) is 13.5. The second-order valence-electron chi connectivity index (χ2n) is 5.25. The van der Waals surface area contributed by atoms with Crippen LogP contribution in [0.4, 0.5) is 10.1 Å². The Morgan fingerprint density at radius 1 is 1.27 bits per heavy atom. The average molecular weight is 390 g/mol. The first-order valence-corrected chi connectivity index (χ1v) is 8.55. The first-order valence-electron chi connectivity index (χ1n) is 7.33. The number of hydrogen-bond donors (Lipinski definition) is 1. The van der Waals surface area contributed by atoms with Crippen molar-refractivity contribution in [2.75, 3.05) is 0 Å². The number of rotatable bonds is 5. The van der Waals surface area contributed by atoms with Gasteiger partial charge < -0.3 is 10.1 Å². The van der Waals surface area contributed by atoms with Gasteiger partial charge in [-0.05, 0) is 29.8 Å². The van der Waals surface area contributed by atoms with Gasteiger partial charge in [-0.3, -0.25) is 14.9 Å².